The smallest absolute Gasteiger partial charge is 0.267 e. The van der Waals surface area contributed by atoms with Crippen molar-refractivity contribution >= 4 is 23.0 Å². The summed E-state index contributed by atoms with van der Waals surface area (Å²) in [6, 6.07) is 17.1. The molecule has 154 valence electrons. The van der Waals surface area contributed by atoms with Crippen LogP contribution < -0.4 is 5.43 Å². The first-order valence-corrected chi connectivity index (χ1v) is 9.23. The van der Waals surface area contributed by atoms with Crippen LogP contribution in [0.5, 0.6) is 0 Å². The first-order valence-electron chi connectivity index (χ1n) is 9.23. The first-order chi connectivity index (χ1) is 14.9. The Morgan fingerprint density at radius 2 is 1.84 bits per heavy atom. The molecule has 2 heterocycles. The molecule has 4 rings (SSSR count). The zero-order chi connectivity index (χ0) is 21.8. The Hall–Kier alpha value is -4.07. The lowest BCUT2D eigenvalue weighted by atomic mass is 10.0. The Bertz CT molecular complexity index is 1270. The number of hydrazone groups is 1. The molecule has 31 heavy (non-hydrogen) atoms. The number of rotatable bonds is 4. The number of carbonyl (C=O) groups excluding carboxylic acids is 1. The standard InChI is InChI=1S/C23H15F3N4O/c24-23(25,26)17-7-3-5-15(11-17)13-28-30-22(31)19-12-21(16-6-4-10-27-14-16)29-20-9-2-1-8-18(19)20/h1-14H,(H,30,31). The van der Waals surface area contributed by atoms with E-state index in [1.54, 1.807) is 42.7 Å². The Kier molecular flexibility index (Phi) is 5.44. The van der Waals surface area contributed by atoms with Crippen LogP contribution in [0.15, 0.2) is 84.2 Å². The molecule has 2 aromatic heterocycles. The molecule has 0 radical (unpaired) electrons. The predicted molar refractivity (Wildman–Crippen MR) is 111 cm³/mol. The molecule has 2 aromatic carbocycles. The number of carbonyl (C=O) groups is 1. The minimum atomic E-state index is -4.45. The highest BCUT2D eigenvalue weighted by Gasteiger charge is 2.30. The molecule has 0 aliphatic heterocycles. The molecule has 0 bridgehead atoms. The van der Waals surface area contributed by atoms with Gasteiger partial charge in [-0.2, -0.15) is 18.3 Å². The third-order valence-corrected chi connectivity index (χ3v) is 4.51. The van der Waals surface area contributed by atoms with Crippen molar-refractivity contribution < 1.29 is 18.0 Å². The average molecular weight is 420 g/mol. The van der Waals surface area contributed by atoms with Gasteiger partial charge >= 0.3 is 6.18 Å². The van der Waals surface area contributed by atoms with E-state index in [1.165, 1.54) is 18.3 Å². The van der Waals surface area contributed by atoms with Gasteiger partial charge in [0.2, 0.25) is 0 Å². The predicted octanol–water partition coefficient (Wildman–Crippen LogP) is 5.08. The lowest BCUT2D eigenvalue weighted by Crippen LogP contribution is -2.18. The zero-order valence-electron chi connectivity index (χ0n) is 16.0. The molecular weight excluding hydrogens is 405 g/mol. The SMILES string of the molecule is O=C(NN=Cc1cccc(C(F)(F)F)c1)c1cc(-c2cccnc2)nc2ccccc12. The lowest BCUT2D eigenvalue weighted by molar-refractivity contribution is -0.137. The second kappa shape index (κ2) is 8.35. The second-order valence-electron chi connectivity index (χ2n) is 6.64. The van der Waals surface area contributed by atoms with E-state index in [0.29, 0.717) is 22.2 Å². The summed E-state index contributed by atoms with van der Waals surface area (Å²) in [5.74, 6) is -0.507. The Labute approximate surface area is 175 Å². The molecule has 0 spiro atoms. The van der Waals surface area contributed by atoms with Gasteiger partial charge in [0.15, 0.2) is 0 Å². The maximum absolute atomic E-state index is 12.8. The molecule has 0 unspecified atom stereocenters. The lowest BCUT2D eigenvalue weighted by Gasteiger charge is -2.09. The molecule has 1 amide bonds. The van der Waals surface area contributed by atoms with Crippen molar-refractivity contribution in [3.8, 4) is 11.3 Å². The molecule has 0 fully saturated rings. The third kappa shape index (κ3) is 4.58. The molecule has 5 nitrogen and oxygen atoms in total. The van der Waals surface area contributed by atoms with Gasteiger partial charge in [-0.05, 0) is 42.0 Å². The van der Waals surface area contributed by atoms with Crippen molar-refractivity contribution in [2.45, 2.75) is 6.18 Å². The first kappa shape index (κ1) is 20.2. The summed E-state index contributed by atoms with van der Waals surface area (Å²) >= 11 is 0. The topological polar surface area (TPSA) is 67.2 Å². The van der Waals surface area contributed by atoms with Crippen LogP contribution in [0.25, 0.3) is 22.2 Å². The summed E-state index contributed by atoms with van der Waals surface area (Å²) in [5, 5.41) is 4.45. The van der Waals surface area contributed by atoms with Crippen LogP contribution in [0.2, 0.25) is 0 Å². The van der Waals surface area contributed by atoms with E-state index in [4.69, 9.17) is 0 Å². The number of pyridine rings is 2. The van der Waals surface area contributed by atoms with Gasteiger partial charge in [-0.3, -0.25) is 9.78 Å². The number of benzene rings is 2. The Morgan fingerprint density at radius 1 is 1.00 bits per heavy atom. The Morgan fingerprint density at radius 3 is 2.61 bits per heavy atom. The fraction of sp³-hybridized carbons (Fsp3) is 0.0435. The summed E-state index contributed by atoms with van der Waals surface area (Å²) in [4.78, 5) is 21.5. The van der Waals surface area contributed by atoms with Gasteiger partial charge in [-0.25, -0.2) is 10.4 Å². The summed E-state index contributed by atoms with van der Waals surface area (Å²) in [5.41, 5.74) is 4.08. The maximum Gasteiger partial charge on any atom is 0.416 e. The molecular formula is C23H15F3N4O. The number of hydrogen-bond acceptors (Lipinski definition) is 4. The number of halogens is 3. The van der Waals surface area contributed by atoms with E-state index in [9.17, 15) is 18.0 Å². The van der Waals surface area contributed by atoms with Gasteiger partial charge in [-0.15, -0.1) is 0 Å². The molecule has 0 saturated carbocycles. The molecule has 8 heteroatoms. The molecule has 0 aliphatic carbocycles. The normalized spacial score (nSPS) is 11.7. The summed E-state index contributed by atoms with van der Waals surface area (Å²) < 4.78 is 38.5. The highest BCUT2D eigenvalue weighted by Crippen LogP contribution is 2.29. The average Bonchev–Trinajstić information content (AvgIpc) is 2.78. The van der Waals surface area contributed by atoms with Gasteiger partial charge < -0.3 is 0 Å². The van der Waals surface area contributed by atoms with Gasteiger partial charge in [-0.1, -0.05) is 30.3 Å². The van der Waals surface area contributed by atoms with Crippen molar-refractivity contribution in [1.82, 2.24) is 15.4 Å². The molecule has 0 saturated heterocycles. The Balaban J connectivity index is 1.63. The fourth-order valence-corrected chi connectivity index (χ4v) is 3.05. The van der Waals surface area contributed by atoms with Crippen LogP contribution in [0.3, 0.4) is 0 Å². The molecule has 0 atom stereocenters. The van der Waals surface area contributed by atoms with Crippen molar-refractivity contribution in [1.29, 1.82) is 0 Å². The van der Waals surface area contributed by atoms with Gasteiger partial charge in [0.05, 0.1) is 28.6 Å². The largest absolute Gasteiger partial charge is 0.416 e. The highest BCUT2D eigenvalue weighted by atomic mass is 19.4. The van der Waals surface area contributed by atoms with Crippen molar-refractivity contribution in [3.63, 3.8) is 0 Å². The summed E-state index contributed by atoms with van der Waals surface area (Å²) in [6.45, 7) is 0. The molecule has 0 aliphatic rings. The van der Waals surface area contributed by atoms with Crippen LogP contribution in [0.4, 0.5) is 13.2 Å². The van der Waals surface area contributed by atoms with Crippen LogP contribution in [-0.4, -0.2) is 22.1 Å². The minimum Gasteiger partial charge on any atom is -0.267 e. The van der Waals surface area contributed by atoms with E-state index in [0.717, 1.165) is 17.7 Å². The number of nitrogens with zero attached hydrogens (tertiary/aromatic N) is 3. The van der Waals surface area contributed by atoms with Crippen molar-refractivity contribution in [3.05, 3.63) is 95.8 Å². The number of hydrogen-bond donors (Lipinski definition) is 1. The zero-order valence-corrected chi connectivity index (χ0v) is 16.0. The maximum atomic E-state index is 12.8. The van der Waals surface area contributed by atoms with Crippen LogP contribution in [0.1, 0.15) is 21.5 Å². The van der Waals surface area contributed by atoms with E-state index < -0.39 is 17.6 Å². The van der Waals surface area contributed by atoms with E-state index in [1.807, 2.05) is 12.1 Å². The van der Waals surface area contributed by atoms with Crippen molar-refractivity contribution in [2.24, 2.45) is 5.10 Å². The summed E-state index contributed by atoms with van der Waals surface area (Å²) in [6.07, 6.45) is -0.00442. The monoisotopic (exact) mass is 420 g/mol. The fourth-order valence-electron chi connectivity index (χ4n) is 3.05. The minimum absolute atomic E-state index is 0.214. The number of nitrogens with one attached hydrogen (secondary N) is 1. The number of fused-ring (bicyclic) bond motifs is 1. The molecule has 4 aromatic rings. The number of para-hydroxylation sites is 1. The molecule has 1 N–H and O–H groups in total. The van der Waals surface area contributed by atoms with Crippen LogP contribution >= 0.6 is 0 Å². The summed E-state index contributed by atoms with van der Waals surface area (Å²) in [7, 11) is 0. The number of alkyl halides is 3. The highest BCUT2D eigenvalue weighted by molar-refractivity contribution is 6.07. The number of aromatic nitrogens is 2. The van der Waals surface area contributed by atoms with Crippen LogP contribution in [-0.2, 0) is 6.18 Å². The van der Waals surface area contributed by atoms with Crippen LogP contribution in [0, 0.1) is 0 Å². The van der Waals surface area contributed by atoms with Gasteiger partial charge in [0.25, 0.3) is 5.91 Å². The van der Waals surface area contributed by atoms with Crippen molar-refractivity contribution in [2.75, 3.05) is 0 Å². The second-order valence-corrected chi connectivity index (χ2v) is 6.64. The van der Waals surface area contributed by atoms with E-state index in [2.05, 4.69) is 20.5 Å². The number of amides is 1. The quantitative estimate of drug-likeness (QED) is 0.370. The van der Waals surface area contributed by atoms with Gasteiger partial charge in [0.1, 0.15) is 0 Å². The van der Waals surface area contributed by atoms with Gasteiger partial charge in [0, 0.05) is 23.3 Å². The van der Waals surface area contributed by atoms with E-state index >= 15 is 0 Å². The van der Waals surface area contributed by atoms with E-state index in [-0.39, 0.29) is 5.56 Å². The third-order valence-electron chi connectivity index (χ3n) is 4.51.